The van der Waals surface area contributed by atoms with Crippen molar-refractivity contribution >= 4 is 5.97 Å². The highest BCUT2D eigenvalue weighted by Crippen LogP contribution is 1.71. The lowest BCUT2D eigenvalue weighted by Crippen LogP contribution is -2.15. The Bertz CT molecular complexity index is 151. The lowest BCUT2D eigenvalue weighted by atomic mass is 10.4. The normalized spacial score (nSPS) is 6.28. The van der Waals surface area contributed by atoms with Gasteiger partial charge in [-0.05, 0) is 0 Å². The molecule has 0 heterocycles. The van der Waals surface area contributed by atoms with Gasteiger partial charge in [0.25, 0.3) is 0 Å². The number of aliphatic hydroxyl groups is 3. The van der Waals surface area contributed by atoms with Crippen LogP contribution in [0.15, 0.2) is 52.1 Å². The van der Waals surface area contributed by atoms with Crippen LogP contribution in [-0.4, -0.2) is 47.7 Å². The maximum atomic E-state index is 9.84. The number of hydrogen-bond acceptors (Lipinski definition) is 5. The third-order valence-corrected chi connectivity index (χ3v) is 0.789. The number of hydrogen-bond donors (Lipinski definition) is 3. The van der Waals surface area contributed by atoms with Crippen molar-refractivity contribution in [1.29, 1.82) is 0 Å². The van der Waals surface area contributed by atoms with Crippen molar-refractivity contribution in [3.63, 3.8) is 0 Å². The quantitative estimate of drug-likeness (QED) is 0.402. The summed E-state index contributed by atoms with van der Waals surface area (Å²) in [5.41, 5.74) is 0. The highest BCUT2D eigenvalue weighted by atomic mass is 16.5. The lowest BCUT2D eigenvalue weighted by molar-refractivity contribution is -0.134. The molecule has 0 unspecified atom stereocenters. The lowest BCUT2D eigenvalue weighted by Gasteiger charge is -1.96. The average molecular weight is 262 g/mol. The number of esters is 1. The first kappa shape index (κ1) is 29.9. The van der Waals surface area contributed by atoms with Gasteiger partial charge in [-0.15, -0.1) is 39.5 Å². The smallest absolute Gasteiger partial charge is 0.329 e. The van der Waals surface area contributed by atoms with Gasteiger partial charge in [0.2, 0.25) is 0 Å². The zero-order chi connectivity index (χ0) is 16.0. The molecule has 18 heavy (non-hydrogen) atoms. The topological polar surface area (TPSA) is 87.0 Å². The van der Waals surface area contributed by atoms with Crippen LogP contribution in [0.4, 0.5) is 0 Å². The van der Waals surface area contributed by atoms with E-state index in [2.05, 4.69) is 50.8 Å². The summed E-state index contributed by atoms with van der Waals surface area (Å²) in [5.74, 6) is -0.394. The summed E-state index contributed by atoms with van der Waals surface area (Å²) >= 11 is 0. The fourth-order valence-corrected chi connectivity index (χ4v) is 0.141. The van der Waals surface area contributed by atoms with Crippen LogP contribution in [0.1, 0.15) is 0 Å². The molecule has 0 rings (SSSR count). The third kappa shape index (κ3) is 63.7. The van der Waals surface area contributed by atoms with E-state index in [0.717, 1.165) is 6.08 Å². The molecule has 0 aliphatic carbocycles. The zero-order valence-electron chi connectivity index (χ0n) is 11.2. The van der Waals surface area contributed by atoms with Crippen molar-refractivity contribution in [3.8, 4) is 0 Å². The molecule has 0 bridgehead atoms. The highest BCUT2D eigenvalue weighted by molar-refractivity contribution is 5.80. The third-order valence-electron chi connectivity index (χ3n) is 0.789. The van der Waals surface area contributed by atoms with Crippen molar-refractivity contribution < 1.29 is 24.9 Å². The minimum Gasteiger partial charge on any atom is -0.466 e. The molecule has 0 fully saturated rings. The van der Waals surface area contributed by atoms with Gasteiger partial charge in [-0.1, -0.05) is 6.58 Å². The van der Waals surface area contributed by atoms with Crippen LogP contribution in [0.5, 0.6) is 0 Å². The van der Waals surface area contributed by atoms with Gasteiger partial charge in [0.15, 0.2) is 0 Å². The molecule has 108 valence electrons. The Morgan fingerprint density at radius 1 is 1.11 bits per heavy atom. The summed E-state index contributed by atoms with van der Waals surface area (Å²) in [7, 11) is 1.31. The SMILES string of the molecule is C=C.C=C.C=C.C=CC(=O)OC.OCC(O)CO. The van der Waals surface area contributed by atoms with E-state index in [0.29, 0.717) is 0 Å². The number of carbonyl (C=O) groups excluding carboxylic acids is 1. The zero-order valence-corrected chi connectivity index (χ0v) is 11.2. The Labute approximate surface area is 110 Å². The van der Waals surface area contributed by atoms with Crippen LogP contribution in [-0.2, 0) is 9.53 Å². The molecule has 5 heteroatoms. The number of methoxy groups -OCH3 is 1. The molecule has 0 spiro atoms. The summed E-state index contributed by atoms with van der Waals surface area (Å²) < 4.78 is 4.14. The van der Waals surface area contributed by atoms with Gasteiger partial charge in [-0.3, -0.25) is 0 Å². The van der Waals surface area contributed by atoms with E-state index < -0.39 is 12.1 Å². The monoisotopic (exact) mass is 262 g/mol. The summed E-state index contributed by atoms with van der Waals surface area (Å²) in [4.78, 5) is 9.84. The van der Waals surface area contributed by atoms with E-state index >= 15 is 0 Å². The molecule has 0 aromatic carbocycles. The largest absolute Gasteiger partial charge is 0.466 e. The highest BCUT2D eigenvalue weighted by Gasteiger charge is 1.93. The van der Waals surface area contributed by atoms with Crippen molar-refractivity contribution in [3.05, 3.63) is 52.1 Å². The molecule has 0 aromatic heterocycles. The van der Waals surface area contributed by atoms with Crippen LogP contribution >= 0.6 is 0 Å². The Balaban J connectivity index is -0.0000000442. The van der Waals surface area contributed by atoms with Gasteiger partial charge < -0.3 is 20.1 Å². The maximum absolute atomic E-state index is 9.84. The van der Waals surface area contributed by atoms with Gasteiger partial charge in [0, 0.05) is 6.08 Å². The molecule has 0 saturated heterocycles. The minimum atomic E-state index is -0.954. The Morgan fingerprint density at radius 3 is 1.39 bits per heavy atom. The van der Waals surface area contributed by atoms with Crippen LogP contribution in [0.3, 0.4) is 0 Å². The predicted octanol–water partition coefficient (Wildman–Crippen LogP) is 1.08. The van der Waals surface area contributed by atoms with Crippen molar-refractivity contribution in [2.75, 3.05) is 20.3 Å². The molecule has 0 aromatic rings. The molecular weight excluding hydrogens is 236 g/mol. The second kappa shape index (κ2) is 45.4. The first-order chi connectivity index (χ1) is 8.62. The number of carbonyl (C=O) groups is 1. The fourth-order valence-electron chi connectivity index (χ4n) is 0.141. The summed E-state index contributed by atoms with van der Waals surface area (Å²) in [5, 5.41) is 24.0. The fraction of sp³-hybridized carbons (Fsp3) is 0.308. The molecule has 5 nitrogen and oxygen atoms in total. The molecule has 0 atom stereocenters. The molecule has 0 aliphatic heterocycles. The molecule has 0 radical (unpaired) electrons. The van der Waals surface area contributed by atoms with Crippen LogP contribution in [0.2, 0.25) is 0 Å². The molecule has 0 aliphatic rings. The summed E-state index contributed by atoms with van der Waals surface area (Å²) in [6.07, 6.45) is 0.157. The average Bonchev–Trinajstić information content (AvgIpc) is 2.52. The van der Waals surface area contributed by atoms with Gasteiger partial charge in [-0.25, -0.2) is 4.79 Å². The Kier molecular flexibility index (Phi) is 75.4. The maximum Gasteiger partial charge on any atom is 0.329 e. The van der Waals surface area contributed by atoms with E-state index in [-0.39, 0.29) is 13.2 Å². The van der Waals surface area contributed by atoms with Gasteiger partial charge in [0.1, 0.15) is 6.10 Å². The van der Waals surface area contributed by atoms with Crippen LogP contribution in [0.25, 0.3) is 0 Å². The van der Waals surface area contributed by atoms with Gasteiger partial charge in [0.05, 0.1) is 20.3 Å². The first-order valence-electron chi connectivity index (χ1n) is 4.72. The van der Waals surface area contributed by atoms with E-state index in [1.165, 1.54) is 7.11 Å². The second-order valence-corrected chi connectivity index (χ2v) is 1.75. The molecule has 0 saturated carbocycles. The molecule has 3 N–H and O–H groups in total. The van der Waals surface area contributed by atoms with Crippen LogP contribution < -0.4 is 0 Å². The first-order valence-corrected chi connectivity index (χ1v) is 4.72. The van der Waals surface area contributed by atoms with Crippen molar-refractivity contribution in [1.82, 2.24) is 0 Å². The van der Waals surface area contributed by atoms with Crippen molar-refractivity contribution in [2.24, 2.45) is 0 Å². The standard InChI is InChI=1S/C4H6O2.C3H8O3.3C2H4/c1-3-4(5)6-2;4-1-3(6)2-5;3*1-2/h3H,1H2,2H3;3-6H,1-2H2;3*1-2H2. The summed E-state index contributed by atoms with van der Waals surface area (Å²) in [6.45, 7) is 20.4. The van der Waals surface area contributed by atoms with E-state index in [9.17, 15) is 4.79 Å². The van der Waals surface area contributed by atoms with Crippen molar-refractivity contribution in [2.45, 2.75) is 6.10 Å². The molecular formula is C13H26O5. The van der Waals surface area contributed by atoms with Gasteiger partial charge in [-0.2, -0.15) is 0 Å². The second-order valence-electron chi connectivity index (χ2n) is 1.75. The minimum absolute atomic E-state index is 0.365. The Morgan fingerprint density at radius 2 is 1.39 bits per heavy atom. The number of aliphatic hydroxyl groups excluding tert-OH is 3. The van der Waals surface area contributed by atoms with E-state index in [4.69, 9.17) is 15.3 Å². The van der Waals surface area contributed by atoms with E-state index in [1.807, 2.05) is 0 Å². The van der Waals surface area contributed by atoms with Gasteiger partial charge >= 0.3 is 5.97 Å². The number of rotatable bonds is 3. The van der Waals surface area contributed by atoms with E-state index in [1.54, 1.807) is 0 Å². The Hall–Kier alpha value is -1.69. The number of ether oxygens (including phenoxy) is 1. The summed E-state index contributed by atoms with van der Waals surface area (Å²) in [6, 6.07) is 0. The predicted molar refractivity (Wildman–Crippen MR) is 76.2 cm³/mol. The molecule has 0 amide bonds. The van der Waals surface area contributed by atoms with Crippen LogP contribution in [0, 0.1) is 0 Å².